The molecule has 21 heavy (non-hydrogen) atoms. The largest absolute Gasteiger partial charge is 0.497 e. The Morgan fingerprint density at radius 2 is 1.95 bits per heavy atom. The smallest absolute Gasteiger partial charge is 0.330 e. The van der Waals surface area contributed by atoms with E-state index < -0.39 is 0 Å². The van der Waals surface area contributed by atoms with Gasteiger partial charge in [-0.05, 0) is 36.1 Å². The summed E-state index contributed by atoms with van der Waals surface area (Å²) in [5.41, 5.74) is 0.950. The predicted octanol–water partition coefficient (Wildman–Crippen LogP) is 4.47. The number of esters is 1. The third-order valence-corrected chi connectivity index (χ3v) is 3.53. The number of ether oxygens (including phenoxy) is 2. The molecule has 1 atom stereocenters. The summed E-state index contributed by atoms with van der Waals surface area (Å²) < 4.78 is 10.4. The molecule has 0 aliphatic rings. The second-order valence-corrected chi connectivity index (χ2v) is 5.15. The maximum atomic E-state index is 11.7. The van der Waals surface area contributed by atoms with Gasteiger partial charge in [0.05, 0.1) is 13.7 Å². The lowest BCUT2D eigenvalue weighted by Crippen LogP contribution is -2.12. The highest BCUT2D eigenvalue weighted by Gasteiger charge is 2.08. The molecular weight excluding hydrogens is 264 g/mol. The van der Waals surface area contributed by atoms with Gasteiger partial charge in [-0.15, -0.1) is 0 Å². The van der Waals surface area contributed by atoms with E-state index in [2.05, 4.69) is 13.8 Å². The molecule has 0 bridgehead atoms. The molecule has 0 aliphatic heterocycles. The summed E-state index contributed by atoms with van der Waals surface area (Å²) in [4.78, 5) is 11.7. The van der Waals surface area contributed by atoms with Gasteiger partial charge in [-0.1, -0.05) is 45.2 Å². The molecule has 3 nitrogen and oxygen atoms in total. The first-order valence-corrected chi connectivity index (χ1v) is 7.68. The van der Waals surface area contributed by atoms with Gasteiger partial charge in [0.1, 0.15) is 5.75 Å². The number of hydrogen-bond acceptors (Lipinski definition) is 3. The normalized spacial score (nSPS) is 12.3. The van der Waals surface area contributed by atoms with E-state index in [4.69, 9.17) is 9.47 Å². The molecule has 0 heterocycles. The van der Waals surface area contributed by atoms with Crippen LogP contribution in [0, 0.1) is 5.92 Å². The van der Waals surface area contributed by atoms with E-state index in [0.29, 0.717) is 12.5 Å². The summed E-state index contributed by atoms with van der Waals surface area (Å²) in [5.74, 6) is 1.00. The second kappa shape index (κ2) is 10.0. The highest BCUT2D eigenvalue weighted by molar-refractivity contribution is 5.87. The summed E-state index contributed by atoms with van der Waals surface area (Å²) >= 11 is 0. The fourth-order valence-corrected chi connectivity index (χ4v) is 2.03. The Bertz CT molecular complexity index is 434. The Morgan fingerprint density at radius 1 is 1.24 bits per heavy atom. The zero-order chi connectivity index (χ0) is 15.5. The van der Waals surface area contributed by atoms with Gasteiger partial charge >= 0.3 is 5.97 Å². The standard InChI is InChI=1S/C18H26O3/c1-4-6-7-15(5-2)14-21-18(19)13-10-16-8-11-17(20-3)12-9-16/h8-13,15H,4-7,14H2,1-3H3/b13-10-/t15-/m1/s1. The predicted molar refractivity (Wildman–Crippen MR) is 86.3 cm³/mol. The first-order valence-electron chi connectivity index (χ1n) is 7.68. The van der Waals surface area contributed by atoms with E-state index in [1.54, 1.807) is 13.2 Å². The average Bonchev–Trinajstić information content (AvgIpc) is 2.53. The van der Waals surface area contributed by atoms with Crippen LogP contribution in [0.4, 0.5) is 0 Å². The van der Waals surface area contributed by atoms with Crippen LogP contribution in [0.3, 0.4) is 0 Å². The van der Waals surface area contributed by atoms with Gasteiger partial charge < -0.3 is 9.47 Å². The number of unbranched alkanes of at least 4 members (excludes halogenated alkanes) is 1. The Morgan fingerprint density at radius 3 is 2.52 bits per heavy atom. The molecular formula is C18H26O3. The lowest BCUT2D eigenvalue weighted by molar-refractivity contribution is -0.139. The molecule has 0 aliphatic carbocycles. The monoisotopic (exact) mass is 290 g/mol. The Labute approximate surface area is 128 Å². The van der Waals surface area contributed by atoms with Crippen molar-refractivity contribution in [1.82, 2.24) is 0 Å². The molecule has 0 spiro atoms. The molecule has 1 aromatic rings. The Balaban J connectivity index is 2.39. The van der Waals surface area contributed by atoms with Crippen molar-refractivity contribution >= 4 is 12.0 Å². The molecule has 0 saturated carbocycles. The van der Waals surface area contributed by atoms with Crippen LogP contribution < -0.4 is 4.74 Å². The van der Waals surface area contributed by atoms with Gasteiger partial charge in [0.2, 0.25) is 0 Å². The molecule has 1 rings (SSSR count). The van der Waals surface area contributed by atoms with Crippen molar-refractivity contribution in [2.24, 2.45) is 5.92 Å². The van der Waals surface area contributed by atoms with Crippen LogP contribution in [0.2, 0.25) is 0 Å². The highest BCUT2D eigenvalue weighted by Crippen LogP contribution is 2.14. The summed E-state index contributed by atoms with van der Waals surface area (Å²) in [6.45, 7) is 4.83. The van der Waals surface area contributed by atoms with E-state index in [1.807, 2.05) is 24.3 Å². The fraction of sp³-hybridized carbons (Fsp3) is 0.500. The molecule has 1 aromatic carbocycles. The SMILES string of the molecule is CCCC[C@@H](CC)COC(=O)/C=C\c1ccc(OC)cc1. The number of hydrogen-bond donors (Lipinski definition) is 0. The van der Waals surface area contributed by atoms with E-state index in [9.17, 15) is 4.79 Å². The highest BCUT2D eigenvalue weighted by atomic mass is 16.5. The minimum absolute atomic E-state index is 0.277. The molecule has 0 amide bonds. The molecule has 0 saturated heterocycles. The topological polar surface area (TPSA) is 35.5 Å². The van der Waals surface area contributed by atoms with Crippen molar-refractivity contribution in [2.75, 3.05) is 13.7 Å². The van der Waals surface area contributed by atoms with Gasteiger partial charge in [0.25, 0.3) is 0 Å². The maximum absolute atomic E-state index is 11.7. The molecule has 0 radical (unpaired) electrons. The number of carbonyl (C=O) groups is 1. The zero-order valence-electron chi connectivity index (χ0n) is 13.3. The van der Waals surface area contributed by atoms with Crippen LogP contribution in [-0.4, -0.2) is 19.7 Å². The summed E-state index contributed by atoms with van der Waals surface area (Å²) in [6, 6.07) is 7.53. The second-order valence-electron chi connectivity index (χ2n) is 5.15. The molecule has 0 unspecified atom stereocenters. The maximum Gasteiger partial charge on any atom is 0.330 e. The van der Waals surface area contributed by atoms with E-state index in [0.717, 1.165) is 24.2 Å². The van der Waals surface area contributed by atoms with E-state index in [-0.39, 0.29) is 5.97 Å². The average molecular weight is 290 g/mol. The lowest BCUT2D eigenvalue weighted by atomic mass is 10.0. The quantitative estimate of drug-likeness (QED) is 0.497. The van der Waals surface area contributed by atoms with Crippen molar-refractivity contribution in [3.8, 4) is 5.75 Å². The van der Waals surface area contributed by atoms with Gasteiger partial charge in [0.15, 0.2) is 0 Å². The van der Waals surface area contributed by atoms with Crippen molar-refractivity contribution < 1.29 is 14.3 Å². The van der Waals surface area contributed by atoms with Crippen LogP contribution in [0.5, 0.6) is 5.75 Å². The number of benzene rings is 1. The summed E-state index contributed by atoms with van der Waals surface area (Å²) in [5, 5.41) is 0. The van der Waals surface area contributed by atoms with Crippen LogP contribution in [0.1, 0.15) is 45.1 Å². The molecule has 116 valence electrons. The fourth-order valence-electron chi connectivity index (χ4n) is 2.03. The number of rotatable bonds is 9. The van der Waals surface area contributed by atoms with Gasteiger partial charge in [-0.25, -0.2) is 4.79 Å². The summed E-state index contributed by atoms with van der Waals surface area (Å²) in [6.07, 6.45) is 7.79. The number of methoxy groups -OCH3 is 1. The van der Waals surface area contributed by atoms with Gasteiger partial charge in [0, 0.05) is 6.08 Å². The lowest BCUT2D eigenvalue weighted by Gasteiger charge is -2.13. The first kappa shape index (κ1) is 17.3. The minimum atomic E-state index is -0.277. The minimum Gasteiger partial charge on any atom is -0.497 e. The van der Waals surface area contributed by atoms with Crippen molar-refractivity contribution in [3.63, 3.8) is 0 Å². The molecule has 0 N–H and O–H groups in total. The van der Waals surface area contributed by atoms with Crippen molar-refractivity contribution in [1.29, 1.82) is 0 Å². The van der Waals surface area contributed by atoms with Crippen LogP contribution in [0.25, 0.3) is 6.08 Å². The van der Waals surface area contributed by atoms with Crippen LogP contribution in [0.15, 0.2) is 30.3 Å². The third-order valence-electron chi connectivity index (χ3n) is 3.53. The van der Waals surface area contributed by atoms with Crippen LogP contribution in [-0.2, 0) is 9.53 Å². The van der Waals surface area contributed by atoms with Gasteiger partial charge in [-0.3, -0.25) is 0 Å². The number of carbonyl (C=O) groups excluding carboxylic acids is 1. The van der Waals surface area contributed by atoms with E-state index in [1.165, 1.54) is 18.9 Å². The van der Waals surface area contributed by atoms with Crippen molar-refractivity contribution in [3.05, 3.63) is 35.9 Å². The summed E-state index contributed by atoms with van der Waals surface area (Å²) in [7, 11) is 1.63. The van der Waals surface area contributed by atoms with E-state index >= 15 is 0 Å². The first-order chi connectivity index (χ1) is 10.2. The molecule has 3 heteroatoms. The van der Waals surface area contributed by atoms with Crippen LogP contribution >= 0.6 is 0 Å². The third kappa shape index (κ3) is 6.98. The molecule has 0 fully saturated rings. The Hall–Kier alpha value is -1.77. The van der Waals surface area contributed by atoms with Crippen molar-refractivity contribution in [2.45, 2.75) is 39.5 Å². The zero-order valence-corrected chi connectivity index (χ0v) is 13.3. The Kier molecular flexibility index (Phi) is 8.25. The molecule has 0 aromatic heterocycles. The van der Waals surface area contributed by atoms with Gasteiger partial charge in [-0.2, -0.15) is 0 Å².